The standard InChI is InChI=1S/C35H66N2O8/c1-13-16-36-17-15-26-22(4)18-21(3)20-34(8,42-12)31(45-33-30(39)27(37(10)11)19-23(5)43-33)24(6)29(38)25(7)32(40)44-28(14-2)35(26,9)41/h13,21-31,33,36,38-39,41H,1,14-20H2,2-12H3/t21-,22?,23+,24+,25+,26-,27-,28+,29+,30+,31+,33-,34+,35-/m0/s1. The Morgan fingerprint density at radius 3 is 2.31 bits per heavy atom. The zero-order valence-corrected chi connectivity index (χ0v) is 30.0. The van der Waals surface area contributed by atoms with E-state index < -0.39 is 59.7 Å². The first kappa shape index (κ1) is 40.1. The van der Waals surface area contributed by atoms with Gasteiger partial charge in [0.25, 0.3) is 0 Å². The van der Waals surface area contributed by atoms with Gasteiger partial charge < -0.3 is 44.5 Å². The quantitative estimate of drug-likeness (QED) is 0.159. The highest BCUT2D eigenvalue weighted by Gasteiger charge is 2.50. The van der Waals surface area contributed by atoms with Crippen LogP contribution in [-0.4, -0.2) is 115 Å². The molecule has 2 heterocycles. The molecule has 2 aliphatic rings. The third-order valence-corrected chi connectivity index (χ3v) is 10.7. The summed E-state index contributed by atoms with van der Waals surface area (Å²) in [5, 5.41) is 38.4. The van der Waals surface area contributed by atoms with Crippen LogP contribution in [0.15, 0.2) is 12.7 Å². The van der Waals surface area contributed by atoms with Gasteiger partial charge >= 0.3 is 5.97 Å². The van der Waals surface area contributed by atoms with Crippen LogP contribution in [-0.2, 0) is 23.7 Å². The fraction of sp³-hybridized carbons (Fsp3) is 0.914. The van der Waals surface area contributed by atoms with Crippen molar-refractivity contribution in [2.24, 2.45) is 29.6 Å². The lowest BCUT2D eigenvalue weighted by Gasteiger charge is -2.48. The molecule has 0 radical (unpaired) electrons. The van der Waals surface area contributed by atoms with Gasteiger partial charge in [-0.15, -0.1) is 6.58 Å². The molecule has 2 fully saturated rings. The molecule has 10 nitrogen and oxygen atoms in total. The Hall–Kier alpha value is -1.11. The maximum absolute atomic E-state index is 13.6. The third-order valence-electron chi connectivity index (χ3n) is 10.7. The van der Waals surface area contributed by atoms with Crippen LogP contribution >= 0.6 is 0 Å². The van der Waals surface area contributed by atoms with E-state index in [4.69, 9.17) is 18.9 Å². The highest BCUT2D eigenvalue weighted by atomic mass is 16.7. The average molecular weight is 643 g/mol. The lowest BCUT2D eigenvalue weighted by Crippen LogP contribution is -2.59. The van der Waals surface area contributed by atoms with Gasteiger partial charge in [0.2, 0.25) is 0 Å². The number of nitrogens with zero attached hydrogens (tertiary/aromatic N) is 1. The van der Waals surface area contributed by atoms with E-state index in [2.05, 4.69) is 25.7 Å². The van der Waals surface area contributed by atoms with Crippen LogP contribution in [0.5, 0.6) is 0 Å². The van der Waals surface area contributed by atoms with Crippen molar-refractivity contribution >= 4 is 5.97 Å². The molecule has 0 aromatic heterocycles. The number of nitrogens with one attached hydrogen (secondary N) is 1. The summed E-state index contributed by atoms with van der Waals surface area (Å²) in [5.41, 5.74) is -2.19. The molecular formula is C35H66N2O8. The minimum atomic E-state index is -1.29. The summed E-state index contributed by atoms with van der Waals surface area (Å²) in [6, 6.07) is -0.170. The molecule has 0 aromatic rings. The van der Waals surface area contributed by atoms with Crippen LogP contribution in [0.1, 0.15) is 87.5 Å². The molecule has 4 N–H and O–H groups in total. The molecule has 0 bridgehead atoms. The predicted octanol–water partition coefficient (Wildman–Crippen LogP) is 3.76. The number of carbonyl (C=O) groups excluding carboxylic acids is 1. The van der Waals surface area contributed by atoms with Crippen molar-refractivity contribution in [1.29, 1.82) is 0 Å². The normalized spacial score (nSPS) is 44.3. The number of rotatable bonds is 10. The Morgan fingerprint density at radius 2 is 1.76 bits per heavy atom. The zero-order chi connectivity index (χ0) is 34.3. The SMILES string of the molecule is C=CCNCC[C@H]1C(C)C[C@H](C)C[C@@](C)(OC)[C@H](O[C@@H]2O[C@H](C)C[C@H](N(C)C)[C@H]2O)[C@H](C)[C@@H](O)[C@@H](C)C(=O)O[C@H](CC)[C@@]1(C)O. The maximum atomic E-state index is 13.6. The number of methoxy groups -OCH3 is 1. The summed E-state index contributed by atoms with van der Waals surface area (Å²) in [5.74, 6) is -2.02. The Labute approximate surface area is 273 Å². The molecule has 0 saturated carbocycles. The average Bonchev–Trinajstić information content (AvgIpc) is 2.97. The fourth-order valence-electron chi connectivity index (χ4n) is 8.00. The van der Waals surface area contributed by atoms with Crippen LogP contribution in [0.25, 0.3) is 0 Å². The van der Waals surface area contributed by atoms with Gasteiger partial charge in [0, 0.05) is 25.6 Å². The van der Waals surface area contributed by atoms with Gasteiger partial charge in [0.1, 0.15) is 17.8 Å². The highest BCUT2D eigenvalue weighted by Crippen LogP contribution is 2.42. The number of hydrogen-bond donors (Lipinski definition) is 4. The van der Waals surface area contributed by atoms with E-state index in [9.17, 15) is 20.1 Å². The largest absolute Gasteiger partial charge is 0.459 e. The molecule has 0 amide bonds. The van der Waals surface area contributed by atoms with E-state index in [0.29, 0.717) is 38.8 Å². The van der Waals surface area contributed by atoms with Gasteiger partial charge in [0.15, 0.2) is 6.29 Å². The number of likely N-dealkylation sites (N-methyl/N-ethyl adjacent to an activating group) is 1. The van der Waals surface area contributed by atoms with Crippen LogP contribution in [0, 0.1) is 29.6 Å². The van der Waals surface area contributed by atoms with Gasteiger partial charge in [0.05, 0.1) is 29.8 Å². The summed E-state index contributed by atoms with van der Waals surface area (Å²) >= 11 is 0. The smallest absolute Gasteiger partial charge is 0.311 e. The molecule has 0 aromatic carbocycles. The molecule has 0 aliphatic carbocycles. The lowest BCUT2D eigenvalue weighted by atomic mass is 9.70. The molecule has 0 spiro atoms. The van der Waals surface area contributed by atoms with Crippen molar-refractivity contribution in [2.45, 2.75) is 142 Å². The van der Waals surface area contributed by atoms with Gasteiger partial charge in [-0.2, -0.15) is 0 Å². The third kappa shape index (κ3) is 9.95. The van der Waals surface area contributed by atoms with Crippen LogP contribution in [0.3, 0.4) is 0 Å². The Balaban J connectivity index is 2.56. The number of aliphatic hydroxyl groups is 3. The van der Waals surface area contributed by atoms with Crippen molar-refractivity contribution < 1.29 is 39.1 Å². The van der Waals surface area contributed by atoms with E-state index in [1.165, 1.54) is 0 Å². The first-order chi connectivity index (χ1) is 20.9. The molecule has 2 saturated heterocycles. The van der Waals surface area contributed by atoms with Crippen molar-refractivity contribution in [3.05, 3.63) is 12.7 Å². The number of esters is 1. The Kier molecular flexibility index (Phi) is 15.4. The number of ether oxygens (including phenoxy) is 4. The summed E-state index contributed by atoms with van der Waals surface area (Å²) in [6.07, 6.45) is 0.319. The summed E-state index contributed by atoms with van der Waals surface area (Å²) in [7, 11) is 5.49. The van der Waals surface area contributed by atoms with Crippen LogP contribution in [0.2, 0.25) is 0 Å². The summed E-state index contributed by atoms with van der Waals surface area (Å²) in [6.45, 7) is 20.6. The van der Waals surface area contributed by atoms with Crippen molar-refractivity contribution in [1.82, 2.24) is 10.2 Å². The predicted molar refractivity (Wildman–Crippen MR) is 177 cm³/mol. The second kappa shape index (κ2) is 17.3. The number of aliphatic hydroxyl groups excluding tert-OH is 2. The van der Waals surface area contributed by atoms with E-state index in [1.54, 1.807) is 21.0 Å². The maximum Gasteiger partial charge on any atom is 0.311 e. The van der Waals surface area contributed by atoms with Gasteiger partial charge in [-0.3, -0.25) is 4.79 Å². The highest BCUT2D eigenvalue weighted by molar-refractivity contribution is 5.73. The molecule has 2 rings (SSSR count). The van der Waals surface area contributed by atoms with E-state index >= 15 is 0 Å². The Morgan fingerprint density at radius 1 is 1.11 bits per heavy atom. The summed E-state index contributed by atoms with van der Waals surface area (Å²) in [4.78, 5) is 15.6. The second-order valence-electron chi connectivity index (χ2n) is 14.8. The minimum Gasteiger partial charge on any atom is -0.459 e. The second-order valence-corrected chi connectivity index (χ2v) is 14.8. The molecule has 45 heavy (non-hydrogen) atoms. The molecule has 1 unspecified atom stereocenters. The fourth-order valence-corrected chi connectivity index (χ4v) is 8.00. The molecule has 14 atom stereocenters. The molecule has 2 aliphatic heterocycles. The van der Waals surface area contributed by atoms with Crippen molar-refractivity contribution in [2.75, 3.05) is 34.3 Å². The van der Waals surface area contributed by atoms with Crippen LogP contribution < -0.4 is 5.32 Å². The number of cyclic esters (lactones) is 1. The first-order valence-electron chi connectivity index (χ1n) is 17.1. The first-order valence-corrected chi connectivity index (χ1v) is 17.1. The zero-order valence-electron chi connectivity index (χ0n) is 30.0. The van der Waals surface area contributed by atoms with Gasteiger partial charge in [-0.25, -0.2) is 0 Å². The molecular weight excluding hydrogens is 576 g/mol. The summed E-state index contributed by atoms with van der Waals surface area (Å²) < 4.78 is 25.1. The molecule has 10 heteroatoms. The van der Waals surface area contributed by atoms with Crippen molar-refractivity contribution in [3.8, 4) is 0 Å². The van der Waals surface area contributed by atoms with Crippen LogP contribution in [0.4, 0.5) is 0 Å². The minimum absolute atomic E-state index is 0.0855. The van der Waals surface area contributed by atoms with E-state index in [0.717, 1.165) is 6.42 Å². The van der Waals surface area contributed by atoms with Crippen molar-refractivity contribution in [3.63, 3.8) is 0 Å². The Bertz CT molecular complexity index is 918. The van der Waals surface area contributed by atoms with Gasteiger partial charge in [-0.05, 0) is 98.2 Å². The molecule has 264 valence electrons. The number of hydrogen-bond acceptors (Lipinski definition) is 10. The topological polar surface area (TPSA) is 130 Å². The number of carbonyl (C=O) groups is 1. The monoisotopic (exact) mass is 642 g/mol. The van der Waals surface area contributed by atoms with E-state index in [1.807, 2.05) is 52.8 Å². The lowest BCUT2D eigenvalue weighted by molar-refractivity contribution is -0.301. The van der Waals surface area contributed by atoms with Gasteiger partial charge in [-0.1, -0.05) is 33.8 Å². The van der Waals surface area contributed by atoms with E-state index in [-0.39, 0.29) is 29.9 Å².